The topological polar surface area (TPSA) is 72.2 Å². The molecule has 0 radical (unpaired) electrons. The molecule has 2 heterocycles. The first-order valence-corrected chi connectivity index (χ1v) is 9.09. The highest BCUT2D eigenvalue weighted by molar-refractivity contribution is 8.14. The lowest BCUT2D eigenvalue weighted by molar-refractivity contribution is 0.0984. The number of fused-ring (bicyclic) bond motifs is 1. The Hall–Kier alpha value is -1.73. The van der Waals surface area contributed by atoms with Gasteiger partial charge < -0.3 is 5.11 Å². The Kier molecular flexibility index (Phi) is 4.50. The maximum absolute atomic E-state index is 12.6. The summed E-state index contributed by atoms with van der Waals surface area (Å²) in [6.07, 6.45) is 1.99. The van der Waals surface area contributed by atoms with E-state index in [9.17, 15) is 14.7 Å². The normalized spacial score (nSPS) is 13.9. The van der Waals surface area contributed by atoms with Crippen LogP contribution in [0.3, 0.4) is 0 Å². The van der Waals surface area contributed by atoms with Crippen LogP contribution in [0.1, 0.15) is 39.6 Å². The van der Waals surface area contributed by atoms with Gasteiger partial charge in [0.1, 0.15) is 0 Å². The molecule has 23 heavy (non-hydrogen) atoms. The third kappa shape index (κ3) is 2.90. The number of carbonyl (C=O) groups is 2. The van der Waals surface area contributed by atoms with Gasteiger partial charge in [0, 0.05) is 34.7 Å². The number of hydrogen-bond acceptors (Lipinski definition) is 6. The van der Waals surface area contributed by atoms with Gasteiger partial charge in [-0.1, -0.05) is 0 Å². The smallest absolute Gasteiger partial charge is 0.224 e. The molecule has 0 fully saturated rings. The predicted octanol–water partition coefficient (Wildman–Crippen LogP) is 3.53. The van der Waals surface area contributed by atoms with Gasteiger partial charge in [0.15, 0.2) is 5.78 Å². The van der Waals surface area contributed by atoms with E-state index in [1.807, 2.05) is 19.9 Å². The summed E-state index contributed by atoms with van der Waals surface area (Å²) in [5, 5.41) is 13.8. The number of benzene rings is 1. The van der Waals surface area contributed by atoms with Gasteiger partial charge in [0.25, 0.3) is 0 Å². The van der Waals surface area contributed by atoms with Crippen LogP contribution in [0.25, 0.3) is 0 Å². The first kappa shape index (κ1) is 16.1. The van der Waals surface area contributed by atoms with E-state index in [-0.39, 0.29) is 16.8 Å². The van der Waals surface area contributed by atoms with Gasteiger partial charge in [0.05, 0.1) is 11.1 Å². The highest BCUT2D eigenvalue weighted by Gasteiger charge is 2.24. The summed E-state index contributed by atoms with van der Waals surface area (Å²) in [7, 11) is 0. The van der Waals surface area contributed by atoms with Crippen LogP contribution in [-0.4, -0.2) is 31.5 Å². The Balaban J connectivity index is 1.92. The van der Waals surface area contributed by atoms with E-state index in [4.69, 9.17) is 0 Å². The third-order valence-corrected chi connectivity index (χ3v) is 5.77. The van der Waals surface area contributed by atoms with Crippen molar-refractivity contribution in [2.24, 2.45) is 0 Å². The average molecular weight is 348 g/mol. The second kappa shape index (κ2) is 6.41. The lowest BCUT2D eigenvalue weighted by atomic mass is 9.98. The second-order valence-corrected chi connectivity index (χ2v) is 7.32. The highest BCUT2D eigenvalue weighted by atomic mass is 32.2. The molecule has 1 aliphatic rings. The largest absolute Gasteiger partial charge is 0.493 e. The van der Waals surface area contributed by atoms with Crippen molar-refractivity contribution < 1.29 is 14.7 Å². The number of aryl methyl sites for hydroxylation is 1. The van der Waals surface area contributed by atoms with Gasteiger partial charge >= 0.3 is 0 Å². The van der Waals surface area contributed by atoms with Crippen molar-refractivity contribution in [1.82, 2.24) is 9.78 Å². The number of aromatic hydroxyl groups is 1. The molecule has 0 atom stereocenters. The Morgan fingerprint density at radius 1 is 1.48 bits per heavy atom. The summed E-state index contributed by atoms with van der Waals surface area (Å²) in [6, 6.07) is 3.60. The van der Waals surface area contributed by atoms with Crippen LogP contribution >= 0.6 is 23.5 Å². The van der Waals surface area contributed by atoms with Crippen LogP contribution in [0.5, 0.6) is 5.88 Å². The molecule has 3 rings (SSSR count). The lowest BCUT2D eigenvalue weighted by Crippen LogP contribution is -2.12. The van der Waals surface area contributed by atoms with E-state index in [2.05, 4.69) is 5.10 Å². The molecule has 1 aliphatic heterocycles. The SMILES string of the molecule is CCn1ncc(SC(=O)c2ccc3c(c2C)C(=O)CCS3)c1O. The minimum atomic E-state index is -0.195. The standard InChI is InChI=1S/C16H16N2O3S2/c1-3-18-15(20)13(8-17-18)23-16(21)10-4-5-12-14(9(10)2)11(19)6-7-22-12/h4-5,8,20H,3,6-7H2,1-2H3. The van der Waals surface area contributed by atoms with Crippen molar-refractivity contribution in [1.29, 1.82) is 0 Å². The molecule has 0 saturated heterocycles. The average Bonchev–Trinajstić information content (AvgIpc) is 2.88. The van der Waals surface area contributed by atoms with Crippen LogP contribution in [0.2, 0.25) is 0 Å². The van der Waals surface area contributed by atoms with E-state index in [0.717, 1.165) is 28.0 Å². The van der Waals surface area contributed by atoms with E-state index in [1.54, 1.807) is 17.8 Å². The van der Waals surface area contributed by atoms with Crippen molar-refractivity contribution in [2.45, 2.75) is 36.6 Å². The maximum Gasteiger partial charge on any atom is 0.224 e. The van der Waals surface area contributed by atoms with Crippen molar-refractivity contribution >= 4 is 34.4 Å². The summed E-state index contributed by atoms with van der Waals surface area (Å²) in [6.45, 7) is 4.20. The molecule has 2 aromatic rings. The molecule has 0 spiro atoms. The van der Waals surface area contributed by atoms with E-state index in [0.29, 0.717) is 29.0 Å². The Labute approximate surface area is 142 Å². The molecule has 0 saturated carbocycles. The first-order chi connectivity index (χ1) is 11.0. The van der Waals surface area contributed by atoms with Gasteiger partial charge in [-0.05, 0) is 43.3 Å². The summed E-state index contributed by atoms with van der Waals surface area (Å²) in [5.41, 5.74) is 1.90. The number of thioether (sulfide) groups is 2. The van der Waals surface area contributed by atoms with Gasteiger partial charge in [-0.25, -0.2) is 4.68 Å². The van der Waals surface area contributed by atoms with Crippen LogP contribution < -0.4 is 0 Å². The molecule has 120 valence electrons. The van der Waals surface area contributed by atoms with Crippen molar-refractivity contribution in [3.8, 4) is 5.88 Å². The Bertz CT molecular complexity index is 799. The monoisotopic (exact) mass is 348 g/mol. The molecule has 0 amide bonds. The summed E-state index contributed by atoms with van der Waals surface area (Å²) < 4.78 is 1.43. The zero-order chi connectivity index (χ0) is 16.6. The van der Waals surface area contributed by atoms with Crippen molar-refractivity contribution in [2.75, 3.05) is 5.75 Å². The summed E-state index contributed by atoms with van der Waals surface area (Å²) in [4.78, 5) is 26.1. The quantitative estimate of drug-likeness (QED) is 0.856. The number of hydrogen-bond donors (Lipinski definition) is 1. The molecule has 5 nitrogen and oxygen atoms in total. The zero-order valence-corrected chi connectivity index (χ0v) is 14.5. The van der Waals surface area contributed by atoms with Crippen LogP contribution in [0.4, 0.5) is 0 Å². The lowest BCUT2D eigenvalue weighted by Gasteiger charge is -2.18. The number of ketones is 1. The number of nitrogens with zero attached hydrogens (tertiary/aromatic N) is 2. The Morgan fingerprint density at radius 2 is 2.26 bits per heavy atom. The minimum absolute atomic E-state index is 0.00639. The molecule has 0 aliphatic carbocycles. The molecule has 1 N–H and O–H groups in total. The molecule has 0 unspecified atom stereocenters. The first-order valence-electron chi connectivity index (χ1n) is 7.29. The van der Waals surface area contributed by atoms with Gasteiger partial charge in [-0.2, -0.15) is 5.10 Å². The molecule has 1 aromatic carbocycles. The molecular weight excluding hydrogens is 332 g/mol. The summed E-state index contributed by atoms with van der Waals surface area (Å²) >= 11 is 2.58. The Morgan fingerprint density at radius 3 is 2.96 bits per heavy atom. The number of carbonyl (C=O) groups excluding carboxylic acids is 2. The fraction of sp³-hybridized carbons (Fsp3) is 0.312. The van der Waals surface area contributed by atoms with E-state index in [1.165, 1.54) is 10.9 Å². The van der Waals surface area contributed by atoms with Crippen LogP contribution in [-0.2, 0) is 6.54 Å². The van der Waals surface area contributed by atoms with Crippen LogP contribution in [0.15, 0.2) is 28.1 Å². The predicted molar refractivity (Wildman–Crippen MR) is 90.6 cm³/mol. The van der Waals surface area contributed by atoms with Crippen LogP contribution in [0, 0.1) is 6.92 Å². The second-order valence-electron chi connectivity index (χ2n) is 5.17. The van der Waals surface area contributed by atoms with Gasteiger partial charge in [-0.15, -0.1) is 11.8 Å². The fourth-order valence-corrected chi connectivity index (χ4v) is 4.48. The molecule has 1 aromatic heterocycles. The number of Topliss-reactive ketones (excluding diaryl/α,β-unsaturated/α-hetero) is 1. The zero-order valence-electron chi connectivity index (χ0n) is 12.8. The fourth-order valence-electron chi connectivity index (χ4n) is 2.57. The molecular formula is C16H16N2O3S2. The van der Waals surface area contributed by atoms with E-state index >= 15 is 0 Å². The number of rotatable bonds is 3. The third-order valence-electron chi connectivity index (χ3n) is 3.79. The molecule has 7 heteroatoms. The van der Waals surface area contributed by atoms with Gasteiger partial charge in [0.2, 0.25) is 11.0 Å². The molecule has 0 bridgehead atoms. The highest BCUT2D eigenvalue weighted by Crippen LogP contribution is 2.36. The van der Waals surface area contributed by atoms with Crippen molar-refractivity contribution in [3.05, 3.63) is 35.0 Å². The number of aromatic nitrogens is 2. The maximum atomic E-state index is 12.6. The van der Waals surface area contributed by atoms with Crippen molar-refractivity contribution in [3.63, 3.8) is 0 Å². The van der Waals surface area contributed by atoms with Gasteiger partial charge in [-0.3, -0.25) is 9.59 Å². The van der Waals surface area contributed by atoms with E-state index < -0.39 is 0 Å². The minimum Gasteiger partial charge on any atom is -0.493 e. The summed E-state index contributed by atoms with van der Waals surface area (Å²) in [5.74, 6) is 0.878.